The molecule has 1 amide bonds. The molecule has 4 heteroatoms. The first-order chi connectivity index (χ1) is 7.19. The van der Waals surface area contributed by atoms with Gasteiger partial charge in [-0.2, -0.15) is 12.6 Å². The normalized spacial score (nSPS) is 21.3. The molecule has 0 radical (unpaired) electrons. The Morgan fingerprint density at radius 2 is 2.40 bits per heavy atom. The van der Waals surface area contributed by atoms with Gasteiger partial charge in [-0.15, -0.1) is 0 Å². The molecule has 1 atom stereocenters. The van der Waals surface area contributed by atoms with Gasteiger partial charge in [0.15, 0.2) is 0 Å². The SMILES string of the molecule is Cc1ccc(CN2CC(CS)CC2=O)o1. The van der Waals surface area contributed by atoms with Crippen molar-refractivity contribution in [3.05, 3.63) is 23.7 Å². The number of amides is 1. The first kappa shape index (κ1) is 10.6. The average Bonchev–Trinajstić information content (AvgIpc) is 2.75. The van der Waals surface area contributed by atoms with Crippen LogP contribution in [0.2, 0.25) is 0 Å². The number of carbonyl (C=O) groups is 1. The van der Waals surface area contributed by atoms with Gasteiger partial charge in [0.25, 0.3) is 0 Å². The largest absolute Gasteiger partial charge is 0.464 e. The molecule has 1 unspecified atom stereocenters. The van der Waals surface area contributed by atoms with Crippen molar-refractivity contribution in [1.82, 2.24) is 4.90 Å². The van der Waals surface area contributed by atoms with Crippen LogP contribution in [0.1, 0.15) is 17.9 Å². The summed E-state index contributed by atoms with van der Waals surface area (Å²) in [5.41, 5.74) is 0. The van der Waals surface area contributed by atoms with Crippen LogP contribution in [0.4, 0.5) is 0 Å². The lowest BCUT2D eigenvalue weighted by molar-refractivity contribution is -0.128. The third kappa shape index (κ3) is 2.37. The molecule has 0 aromatic carbocycles. The third-order valence-corrected chi connectivity index (χ3v) is 3.21. The molecule has 1 aromatic heterocycles. The highest BCUT2D eigenvalue weighted by Gasteiger charge is 2.28. The van der Waals surface area contributed by atoms with Gasteiger partial charge in [-0.25, -0.2) is 0 Å². The van der Waals surface area contributed by atoms with Crippen molar-refractivity contribution in [3.63, 3.8) is 0 Å². The molecular weight excluding hydrogens is 210 g/mol. The minimum Gasteiger partial charge on any atom is -0.464 e. The number of nitrogens with zero attached hydrogens (tertiary/aromatic N) is 1. The summed E-state index contributed by atoms with van der Waals surface area (Å²) in [6.45, 7) is 3.31. The lowest BCUT2D eigenvalue weighted by Gasteiger charge is -2.14. The number of furan rings is 1. The predicted molar refractivity (Wildman–Crippen MR) is 60.8 cm³/mol. The van der Waals surface area contributed by atoms with Gasteiger partial charge in [-0.3, -0.25) is 4.79 Å². The number of hydrogen-bond donors (Lipinski definition) is 1. The van der Waals surface area contributed by atoms with Crippen LogP contribution < -0.4 is 0 Å². The molecule has 1 aliphatic rings. The van der Waals surface area contributed by atoms with E-state index in [0.29, 0.717) is 18.9 Å². The Labute approximate surface area is 94.9 Å². The van der Waals surface area contributed by atoms with E-state index in [1.54, 1.807) is 0 Å². The van der Waals surface area contributed by atoms with Crippen molar-refractivity contribution in [2.75, 3.05) is 12.3 Å². The number of carbonyl (C=O) groups excluding carboxylic acids is 1. The van der Waals surface area contributed by atoms with Crippen LogP contribution >= 0.6 is 12.6 Å². The summed E-state index contributed by atoms with van der Waals surface area (Å²) < 4.78 is 5.45. The molecule has 2 rings (SSSR count). The summed E-state index contributed by atoms with van der Waals surface area (Å²) in [5.74, 6) is 3.14. The highest BCUT2D eigenvalue weighted by molar-refractivity contribution is 7.80. The number of hydrogen-bond acceptors (Lipinski definition) is 3. The maximum atomic E-state index is 11.6. The predicted octanol–water partition coefficient (Wildman–Crippen LogP) is 1.87. The van der Waals surface area contributed by atoms with E-state index in [9.17, 15) is 4.79 Å². The Balaban J connectivity index is 1.98. The first-order valence-electron chi connectivity index (χ1n) is 5.13. The summed E-state index contributed by atoms with van der Waals surface area (Å²) in [7, 11) is 0. The van der Waals surface area contributed by atoms with Gasteiger partial charge in [0.1, 0.15) is 11.5 Å². The van der Waals surface area contributed by atoms with Gasteiger partial charge >= 0.3 is 0 Å². The van der Waals surface area contributed by atoms with Crippen LogP contribution in [0, 0.1) is 12.8 Å². The summed E-state index contributed by atoms with van der Waals surface area (Å²) >= 11 is 4.22. The van der Waals surface area contributed by atoms with E-state index in [-0.39, 0.29) is 5.91 Å². The molecule has 1 aromatic rings. The Hall–Kier alpha value is -0.900. The van der Waals surface area contributed by atoms with E-state index in [4.69, 9.17) is 4.42 Å². The highest BCUT2D eigenvalue weighted by Crippen LogP contribution is 2.21. The summed E-state index contributed by atoms with van der Waals surface area (Å²) in [4.78, 5) is 13.5. The van der Waals surface area contributed by atoms with Gasteiger partial charge < -0.3 is 9.32 Å². The van der Waals surface area contributed by atoms with E-state index in [0.717, 1.165) is 23.8 Å². The van der Waals surface area contributed by atoms with Crippen molar-refractivity contribution in [2.24, 2.45) is 5.92 Å². The quantitative estimate of drug-likeness (QED) is 0.797. The molecule has 0 bridgehead atoms. The topological polar surface area (TPSA) is 33.5 Å². The monoisotopic (exact) mass is 225 g/mol. The maximum Gasteiger partial charge on any atom is 0.223 e. The maximum absolute atomic E-state index is 11.6. The highest BCUT2D eigenvalue weighted by atomic mass is 32.1. The van der Waals surface area contributed by atoms with E-state index in [1.807, 2.05) is 24.0 Å². The fraction of sp³-hybridized carbons (Fsp3) is 0.545. The van der Waals surface area contributed by atoms with E-state index in [1.165, 1.54) is 0 Å². The van der Waals surface area contributed by atoms with Gasteiger partial charge in [0.2, 0.25) is 5.91 Å². The fourth-order valence-corrected chi connectivity index (χ4v) is 2.13. The van der Waals surface area contributed by atoms with Crippen LogP contribution in [0.25, 0.3) is 0 Å². The lowest BCUT2D eigenvalue weighted by atomic mass is 10.1. The van der Waals surface area contributed by atoms with Crippen LogP contribution in [0.15, 0.2) is 16.5 Å². The van der Waals surface area contributed by atoms with Crippen molar-refractivity contribution in [3.8, 4) is 0 Å². The second-order valence-electron chi connectivity index (χ2n) is 4.04. The van der Waals surface area contributed by atoms with Crippen LogP contribution in [0.5, 0.6) is 0 Å². The zero-order valence-electron chi connectivity index (χ0n) is 8.77. The Bertz CT molecular complexity index is 361. The average molecular weight is 225 g/mol. The molecule has 0 aliphatic carbocycles. The van der Waals surface area contributed by atoms with Gasteiger partial charge in [-0.05, 0) is 30.7 Å². The summed E-state index contributed by atoms with van der Waals surface area (Å²) in [5, 5.41) is 0. The van der Waals surface area contributed by atoms with Crippen LogP contribution in [-0.2, 0) is 11.3 Å². The zero-order chi connectivity index (χ0) is 10.8. The van der Waals surface area contributed by atoms with E-state index >= 15 is 0 Å². The molecule has 0 saturated carbocycles. The molecule has 2 heterocycles. The second-order valence-corrected chi connectivity index (χ2v) is 4.40. The minimum absolute atomic E-state index is 0.211. The lowest BCUT2D eigenvalue weighted by Crippen LogP contribution is -2.24. The minimum atomic E-state index is 0.211. The second kappa shape index (κ2) is 4.31. The van der Waals surface area contributed by atoms with Crippen molar-refractivity contribution >= 4 is 18.5 Å². The number of aryl methyl sites for hydroxylation is 1. The van der Waals surface area contributed by atoms with Gasteiger partial charge in [0, 0.05) is 13.0 Å². The molecule has 1 saturated heterocycles. The van der Waals surface area contributed by atoms with Crippen molar-refractivity contribution in [1.29, 1.82) is 0 Å². The van der Waals surface area contributed by atoms with E-state index < -0.39 is 0 Å². The van der Waals surface area contributed by atoms with Crippen molar-refractivity contribution in [2.45, 2.75) is 19.9 Å². The van der Waals surface area contributed by atoms with Crippen LogP contribution in [-0.4, -0.2) is 23.1 Å². The van der Waals surface area contributed by atoms with Crippen molar-refractivity contribution < 1.29 is 9.21 Å². The zero-order valence-corrected chi connectivity index (χ0v) is 9.67. The number of likely N-dealkylation sites (tertiary alicyclic amines) is 1. The van der Waals surface area contributed by atoms with Gasteiger partial charge in [0.05, 0.1) is 6.54 Å². The summed E-state index contributed by atoms with van der Waals surface area (Å²) in [6.07, 6.45) is 0.628. The first-order valence-corrected chi connectivity index (χ1v) is 5.76. The number of rotatable bonds is 3. The molecule has 3 nitrogen and oxygen atoms in total. The Morgan fingerprint density at radius 3 is 2.93 bits per heavy atom. The molecular formula is C11H15NO2S. The summed E-state index contributed by atoms with van der Waals surface area (Å²) in [6, 6.07) is 3.85. The Morgan fingerprint density at radius 1 is 1.60 bits per heavy atom. The van der Waals surface area contributed by atoms with Gasteiger partial charge in [-0.1, -0.05) is 0 Å². The molecule has 0 N–H and O–H groups in total. The number of thiol groups is 1. The fourth-order valence-electron chi connectivity index (χ4n) is 1.89. The molecule has 82 valence electrons. The third-order valence-electron chi connectivity index (χ3n) is 2.70. The standard InChI is InChI=1S/C11H15NO2S/c1-8-2-3-10(14-8)6-12-5-9(7-15)4-11(12)13/h2-3,9,15H,4-7H2,1H3. The molecule has 0 spiro atoms. The Kier molecular flexibility index (Phi) is 3.05. The molecule has 1 fully saturated rings. The van der Waals surface area contributed by atoms with Crippen LogP contribution in [0.3, 0.4) is 0 Å². The molecule has 1 aliphatic heterocycles. The smallest absolute Gasteiger partial charge is 0.223 e. The van der Waals surface area contributed by atoms with E-state index in [2.05, 4.69) is 12.6 Å². The molecule has 15 heavy (non-hydrogen) atoms.